The van der Waals surface area contributed by atoms with Gasteiger partial charge in [-0.05, 0) is 54.8 Å². The van der Waals surface area contributed by atoms with E-state index in [1.165, 1.54) is 18.4 Å². The molecule has 0 atom stereocenters. The van der Waals surface area contributed by atoms with Crippen LogP contribution in [-0.2, 0) is 6.42 Å². The van der Waals surface area contributed by atoms with Gasteiger partial charge in [-0.2, -0.15) is 0 Å². The van der Waals surface area contributed by atoms with Crippen LogP contribution in [-0.4, -0.2) is 14.8 Å². The van der Waals surface area contributed by atoms with Gasteiger partial charge in [-0.1, -0.05) is 81.6 Å². The molecule has 0 spiro atoms. The number of aryl methyl sites for hydroxylation is 1. The van der Waals surface area contributed by atoms with Gasteiger partial charge in [-0.3, -0.25) is 4.57 Å². The summed E-state index contributed by atoms with van der Waals surface area (Å²) >= 11 is 7.02. The summed E-state index contributed by atoms with van der Waals surface area (Å²) in [7, 11) is 0. The third kappa shape index (κ3) is 4.51. The lowest BCUT2D eigenvalue weighted by molar-refractivity contribution is 0.795. The molecule has 3 aromatic carbocycles. The van der Waals surface area contributed by atoms with Crippen molar-refractivity contribution in [3.8, 4) is 28.5 Å². The topological polar surface area (TPSA) is 30.7 Å². The molecule has 1 aromatic heterocycles. The maximum Gasteiger partial charge on any atom is 0.168 e. The molecule has 5 heteroatoms. The largest absolute Gasteiger partial charge is 0.275 e. The number of benzene rings is 3. The molecule has 0 unspecified atom stereocenters. The number of aromatic nitrogens is 3. The van der Waals surface area contributed by atoms with Crippen LogP contribution in [0.4, 0.5) is 0 Å². The minimum Gasteiger partial charge on any atom is -0.275 e. The summed E-state index contributed by atoms with van der Waals surface area (Å²) in [6.45, 7) is 2.22. The van der Waals surface area contributed by atoms with E-state index < -0.39 is 0 Å². The van der Waals surface area contributed by atoms with E-state index in [4.69, 9.17) is 0 Å². The highest BCUT2D eigenvalue weighted by atomic mass is 79.9. The normalized spacial score (nSPS) is 11.0. The molecule has 0 saturated heterocycles. The molecule has 3 nitrogen and oxygen atoms in total. The number of nitrogens with zero attached hydrogens (tertiary/aromatic N) is 3. The van der Waals surface area contributed by atoms with Crippen molar-refractivity contribution in [3.63, 3.8) is 0 Å². The van der Waals surface area contributed by atoms with E-state index in [1.807, 2.05) is 24.3 Å². The van der Waals surface area contributed by atoms with Gasteiger partial charge in [-0.25, -0.2) is 0 Å². The maximum absolute atomic E-state index is 4.55. The van der Waals surface area contributed by atoms with Crippen molar-refractivity contribution < 1.29 is 0 Å². The number of rotatable bonds is 6. The Hall–Kier alpha value is -2.24. The van der Waals surface area contributed by atoms with Crippen LogP contribution in [0.1, 0.15) is 25.3 Å². The summed E-state index contributed by atoms with van der Waals surface area (Å²) in [5.74, 6) is 1.66. The SMILES string of the molecule is CCCCc1ccc(-n2c(-c3ccc(Br)cc3)nnc2-c2ccc(Br)cc2)cc1. The second-order valence-electron chi connectivity index (χ2n) is 6.97. The Balaban J connectivity index is 1.83. The van der Waals surface area contributed by atoms with Gasteiger partial charge in [-0.15, -0.1) is 10.2 Å². The molecular weight excluding hydrogens is 490 g/mol. The van der Waals surface area contributed by atoms with Crippen molar-refractivity contribution in [1.29, 1.82) is 0 Å². The Bertz CT molecular complexity index is 1020. The van der Waals surface area contributed by atoms with Crippen molar-refractivity contribution >= 4 is 31.9 Å². The minimum atomic E-state index is 0.830. The quantitative estimate of drug-likeness (QED) is 0.269. The van der Waals surface area contributed by atoms with Gasteiger partial charge in [0.1, 0.15) is 0 Å². The molecule has 29 heavy (non-hydrogen) atoms. The molecule has 0 fully saturated rings. The monoisotopic (exact) mass is 509 g/mol. The first-order valence-electron chi connectivity index (χ1n) is 9.72. The van der Waals surface area contributed by atoms with Crippen LogP contribution in [0.5, 0.6) is 0 Å². The van der Waals surface area contributed by atoms with Gasteiger partial charge in [0.15, 0.2) is 11.6 Å². The van der Waals surface area contributed by atoms with E-state index in [0.29, 0.717) is 0 Å². The molecule has 0 bridgehead atoms. The molecule has 0 aliphatic carbocycles. The van der Waals surface area contributed by atoms with Gasteiger partial charge in [0.25, 0.3) is 0 Å². The third-order valence-corrected chi connectivity index (χ3v) is 5.94. The van der Waals surface area contributed by atoms with E-state index in [-0.39, 0.29) is 0 Å². The minimum absolute atomic E-state index is 0.830. The van der Waals surface area contributed by atoms with Crippen molar-refractivity contribution in [3.05, 3.63) is 87.3 Å². The molecule has 0 aliphatic rings. The zero-order chi connectivity index (χ0) is 20.2. The Labute approximate surface area is 188 Å². The second-order valence-corrected chi connectivity index (χ2v) is 8.80. The molecule has 0 saturated carbocycles. The molecule has 0 N–H and O–H groups in total. The number of halogens is 2. The lowest BCUT2D eigenvalue weighted by atomic mass is 10.1. The van der Waals surface area contributed by atoms with Crippen molar-refractivity contribution in [2.75, 3.05) is 0 Å². The highest BCUT2D eigenvalue weighted by Crippen LogP contribution is 2.30. The fourth-order valence-electron chi connectivity index (χ4n) is 3.29. The first-order valence-corrected chi connectivity index (χ1v) is 11.3. The first-order chi connectivity index (χ1) is 14.2. The molecule has 0 radical (unpaired) electrons. The molecule has 0 amide bonds. The van der Waals surface area contributed by atoms with Crippen LogP contribution >= 0.6 is 31.9 Å². The van der Waals surface area contributed by atoms with Crippen LogP contribution in [0.3, 0.4) is 0 Å². The van der Waals surface area contributed by atoms with E-state index >= 15 is 0 Å². The van der Waals surface area contributed by atoms with Crippen LogP contribution in [0.15, 0.2) is 81.7 Å². The zero-order valence-electron chi connectivity index (χ0n) is 16.1. The number of hydrogen-bond acceptors (Lipinski definition) is 2. The Morgan fingerprint density at radius 2 is 1.17 bits per heavy atom. The summed E-state index contributed by atoms with van der Waals surface area (Å²) < 4.78 is 4.22. The van der Waals surface area contributed by atoms with Crippen LogP contribution in [0.2, 0.25) is 0 Å². The zero-order valence-corrected chi connectivity index (χ0v) is 19.3. The van der Waals surface area contributed by atoms with Crippen molar-refractivity contribution in [2.24, 2.45) is 0 Å². The van der Waals surface area contributed by atoms with Gasteiger partial charge < -0.3 is 0 Å². The predicted molar refractivity (Wildman–Crippen MR) is 126 cm³/mol. The number of unbranched alkanes of at least 4 members (excludes halogenated alkanes) is 1. The lowest BCUT2D eigenvalue weighted by Gasteiger charge is -2.12. The molecule has 0 aliphatic heterocycles. The molecule has 4 aromatic rings. The molecule has 146 valence electrons. The highest BCUT2D eigenvalue weighted by molar-refractivity contribution is 9.10. The molecule has 1 heterocycles. The number of hydrogen-bond donors (Lipinski definition) is 0. The van der Waals surface area contributed by atoms with Gasteiger partial charge >= 0.3 is 0 Å². The van der Waals surface area contributed by atoms with E-state index in [2.05, 4.69) is 102 Å². The fraction of sp³-hybridized carbons (Fsp3) is 0.167. The summed E-state index contributed by atoms with van der Waals surface area (Å²) in [6, 6.07) is 25.1. The van der Waals surface area contributed by atoms with Gasteiger partial charge in [0.05, 0.1) is 0 Å². The predicted octanol–water partition coefficient (Wildman–Crippen LogP) is 7.47. The van der Waals surface area contributed by atoms with E-state index in [1.54, 1.807) is 0 Å². The van der Waals surface area contributed by atoms with E-state index in [9.17, 15) is 0 Å². The van der Waals surface area contributed by atoms with Gasteiger partial charge in [0.2, 0.25) is 0 Å². The van der Waals surface area contributed by atoms with Crippen LogP contribution < -0.4 is 0 Å². The maximum atomic E-state index is 4.55. The van der Waals surface area contributed by atoms with Crippen molar-refractivity contribution in [1.82, 2.24) is 14.8 Å². The van der Waals surface area contributed by atoms with Crippen molar-refractivity contribution in [2.45, 2.75) is 26.2 Å². The van der Waals surface area contributed by atoms with Crippen LogP contribution in [0, 0.1) is 0 Å². The Morgan fingerprint density at radius 1 is 0.690 bits per heavy atom. The summed E-state index contributed by atoms with van der Waals surface area (Å²) in [4.78, 5) is 0. The standard InChI is InChI=1S/C24H21Br2N3/c1-2-3-4-17-5-15-22(16-6-17)29-23(18-7-11-20(25)12-8-18)27-28-24(29)19-9-13-21(26)14-10-19/h5-16H,2-4H2,1H3. The third-order valence-electron chi connectivity index (χ3n) is 4.88. The lowest BCUT2D eigenvalue weighted by Crippen LogP contribution is -2.01. The summed E-state index contributed by atoms with van der Waals surface area (Å²) in [5, 5.41) is 9.10. The molecular formula is C24H21Br2N3. The Kier molecular flexibility index (Phi) is 6.26. The smallest absolute Gasteiger partial charge is 0.168 e. The summed E-state index contributed by atoms with van der Waals surface area (Å²) in [6.07, 6.45) is 3.52. The average molecular weight is 511 g/mol. The van der Waals surface area contributed by atoms with E-state index in [0.717, 1.165) is 43.8 Å². The summed E-state index contributed by atoms with van der Waals surface area (Å²) in [5.41, 5.74) is 4.48. The van der Waals surface area contributed by atoms with Gasteiger partial charge in [0, 0.05) is 25.8 Å². The molecule has 4 rings (SSSR count). The fourth-order valence-corrected chi connectivity index (χ4v) is 3.82. The first kappa shape index (κ1) is 20.0. The van der Waals surface area contributed by atoms with Crippen LogP contribution in [0.25, 0.3) is 28.5 Å². The Morgan fingerprint density at radius 3 is 1.62 bits per heavy atom. The highest BCUT2D eigenvalue weighted by Gasteiger charge is 2.17. The average Bonchev–Trinajstić information content (AvgIpc) is 3.19. The second kappa shape index (κ2) is 9.06.